The third kappa shape index (κ3) is 4.88. The molecule has 0 amide bonds. The van der Waals surface area contributed by atoms with Gasteiger partial charge in [0.2, 0.25) is 0 Å². The summed E-state index contributed by atoms with van der Waals surface area (Å²) < 4.78 is 5.26. The summed E-state index contributed by atoms with van der Waals surface area (Å²) in [4.78, 5) is 2.02. The summed E-state index contributed by atoms with van der Waals surface area (Å²) in [5.41, 5.74) is 1.13. The molecule has 0 saturated heterocycles. The Morgan fingerprint density at radius 1 is 1.14 bits per heavy atom. The van der Waals surface area contributed by atoms with Gasteiger partial charge < -0.3 is 0 Å². The van der Waals surface area contributed by atoms with Gasteiger partial charge in [0.05, 0.1) is 0 Å². The maximum Gasteiger partial charge on any atom is -0.147 e. The standard InChI is InChI=1S/C8H11NO.Bi.3ClH/c1-9(2)7-3-5-8(10)6-4-7;;;;/h3-6,10H,1-2H3;;3*1H/q;+3;;;/p-3. The predicted octanol–water partition coefficient (Wildman–Crippen LogP) is 3.02. The zero-order chi connectivity index (χ0) is 9.84. The maximum absolute atomic E-state index is 5.65. The molecule has 0 fully saturated rings. The van der Waals surface area contributed by atoms with Crippen molar-refractivity contribution in [2.45, 2.75) is 0 Å². The maximum atomic E-state index is 5.65. The van der Waals surface area contributed by atoms with Crippen LogP contribution >= 0.6 is 29.4 Å². The molecule has 0 atom stereocenters. The molecule has 1 aromatic rings. The minimum Gasteiger partial charge on any atom is -0.147 e. The molecule has 0 saturated carbocycles. The SMILES string of the molecule is CN(C)c1ccc([O][Bi]([Cl])[Cl])cc1.Cl. The summed E-state index contributed by atoms with van der Waals surface area (Å²) in [7, 11) is 15.3. The van der Waals surface area contributed by atoms with E-state index in [0.717, 1.165) is 11.4 Å². The van der Waals surface area contributed by atoms with E-state index in [2.05, 4.69) is 0 Å². The molecular formula is C8H11BiCl3NO. The molecular weight excluding hydrogens is 441 g/mol. The van der Waals surface area contributed by atoms with Crippen LogP contribution in [-0.2, 0) is 0 Å². The number of nitrogens with zero attached hydrogens (tertiary/aromatic N) is 1. The molecule has 1 rings (SSSR count). The quantitative estimate of drug-likeness (QED) is 0.654. The van der Waals surface area contributed by atoms with Crippen LogP contribution in [0.4, 0.5) is 5.69 Å². The number of hydrogen-bond acceptors (Lipinski definition) is 2. The van der Waals surface area contributed by atoms with Gasteiger partial charge in [0.25, 0.3) is 0 Å². The van der Waals surface area contributed by atoms with Gasteiger partial charge in [-0.1, -0.05) is 0 Å². The normalized spacial score (nSPS) is 9.50. The van der Waals surface area contributed by atoms with Crippen LogP contribution in [0.5, 0.6) is 5.75 Å². The van der Waals surface area contributed by atoms with Crippen LogP contribution in [0.3, 0.4) is 0 Å². The topological polar surface area (TPSA) is 12.5 Å². The summed E-state index contributed by atoms with van der Waals surface area (Å²) in [6.07, 6.45) is 0. The molecule has 14 heavy (non-hydrogen) atoms. The number of halogens is 3. The second kappa shape index (κ2) is 6.95. The first kappa shape index (κ1) is 14.6. The third-order valence-electron chi connectivity index (χ3n) is 1.53. The molecule has 0 bridgehead atoms. The Kier molecular flexibility index (Phi) is 7.23. The van der Waals surface area contributed by atoms with Gasteiger partial charge >= 0.3 is 94.3 Å². The van der Waals surface area contributed by atoms with Crippen LogP contribution < -0.4 is 7.71 Å². The van der Waals surface area contributed by atoms with E-state index in [-0.39, 0.29) is 12.4 Å². The van der Waals surface area contributed by atoms with Crippen molar-refractivity contribution in [3.63, 3.8) is 0 Å². The molecule has 0 unspecified atom stereocenters. The second-order valence-corrected chi connectivity index (χ2v) is 11.9. The van der Waals surface area contributed by atoms with Gasteiger partial charge in [0.1, 0.15) is 0 Å². The Bertz CT molecular complexity index is 266. The minimum absolute atomic E-state index is 0. The smallest absolute Gasteiger partial charge is 0.147 e. The average Bonchev–Trinajstić information content (AvgIpc) is 2.04. The fourth-order valence-corrected chi connectivity index (χ4v) is 3.38. The van der Waals surface area contributed by atoms with E-state index in [9.17, 15) is 0 Å². The van der Waals surface area contributed by atoms with Gasteiger partial charge in [-0.2, -0.15) is 0 Å². The molecule has 80 valence electrons. The zero-order valence-corrected chi connectivity index (χ0v) is 13.6. The van der Waals surface area contributed by atoms with Crippen molar-refractivity contribution >= 4 is 54.9 Å². The molecule has 0 aliphatic carbocycles. The number of hydrogen-bond donors (Lipinski definition) is 0. The third-order valence-corrected chi connectivity index (χ3v) is 4.09. The van der Waals surface area contributed by atoms with Gasteiger partial charge in [-0.05, 0) is 0 Å². The summed E-state index contributed by atoms with van der Waals surface area (Å²) in [5.74, 6) is 0.758. The van der Waals surface area contributed by atoms with Crippen molar-refractivity contribution in [3.05, 3.63) is 24.3 Å². The van der Waals surface area contributed by atoms with E-state index in [0.29, 0.717) is 0 Å². The molecule has 0 radical (unpaired) electrons. The number of anilines is 1. The summed E-state index contributed by atoms with van der Waals surface area (Å²) in [6.45, 7) is 0. The molecule has 0 N–H and O–H groups in total. The number of benzene rings is 1. The largest absolute Gasteiger partial charge is 0.147 e. The van der Waals surface area contributed by atoms with Gasteiger partial charge in [-0.25, -0.2) is 0 Å². The molecule has 0 heterocycles. The monoisotopic (exact) mass is 451 g/mol. The Morgan fingerprint density at radius 2 is 1.64 bits per heavy atom. The fourth-order valence-electron chi connectivity index (χ4n) is 0.885. The van der Waals surface area contributed by atoms with E-state index in [1.54, 1.807) is 0 Å². The first-order valence-electron chi connectivity index (χ1n) is 3.66. The van der Waals surface area contributed by atoms with Crippen molar-refractivity contribution < 1.29 is 2.81 Å². The van der Waals surface area contributed by atoms with Crippen molar-refractivity contribution in [2.75, 3.05) is 19.0 Å². The Labute approximate surface area is 106 Å². The van der Waals surface area contributed by atoms with Gasteiger partial charge in [-0.3, -0.25) is 0 Å². The Hall–Kier alpha value is 0.573. The van der Waals surface area contributed by atoms with Gasteiger partial charge in [-0.15, -0.1) is 12.4 Å². The van der Waals surface area contributed by atoms with Crippen LogP contribution in [0.2, 0.25) is 0 Å². The van der Waals surface area contributed by atoms with Gasteiger partial charge in [0.15, 0.2) is 0 Å². The number of rotatable bonds is 3. The first-order valence-corrected chi connectivity index (χ1v) is 13.6. The van der Waals surface area contributed by atoms with Crippen LogP contribution in [0.25, 0.3) is 0 Å². The van der Waals surface area contributed by atoms with Crippen molar-refractivity contribution in [1.82, 2.24) is 0 Å². The molecule has 2 nitrogen and oxygen atoms in total. The van der Waals surface area contributed by atoms with Crippen LogP contribution in [0.15, 0.2) is 24.3 Å². The summed E-state index contributed by atoms with van der Waals surface area (Å²) >= 11 is -2.56. The average molecular weight is 453 g/mol. The molecule has 0 spiro atoms. The molecule has 0 aromatic heterocycles. The van der Waals surface area contributed by atoms with Crippen LogP contribution in [-0.4, -0.2) is 33.9 Å². The van der Waals surface area contributed by atoms with Gasteiger partial charge in [0, 0.05) is 0 Å². The van der Waals surface area contributed by atoms with Crippen molar-refractivity contribution in [1.29, 1.82) is 0 Å². The zero-order valence-electron chi connectivity index (χ0n) is 7.78. The molecule has 0 aliphatic rings. The molecule has 6 heteroatoms. The minimum atomic E-state index is -2.56. The summed E-state index contributed by atoms with van der Waals surface area (Å²) in [6, 6.07) is 7.69. The first-order chi connectivity index (χ1) is 6.09. The van der Waals surface area contributed by atoms with Crippen molar-refractivity contribution in [2.24, 2.45) is 0 Å². The van der Waals surface area contributed by atoms with Crippen molar-refractivity contribution in [3.8, 4) is 5.75 Å². The van der Waals surface area contributed by atoms with E-state index >= 15 is 0 Å². The van der Waals surface area contributed by atoms with E-state index in [1.165, 1.54) is 0 Å². The summed E-state index contributed by atoms with van der Waals surface area (Å²) in [5, 5.41) is 0. The predicted molar refractivity (Wildman–Crippen MR) is 66.1 cm³/mol. The van der Waals surface area contributed by atoms with E-state index in [1.807, 2.05) is 43.3 Å². The Morgan fingerprint density at radius 3 is 2.00 bits per heavy atom. The van der Waals surface area contributed by atoms with Crippen LogP contribution in [0.1, 0.15) is 0 Å². The van der Waals surface area contributed by atoms with Crippen LogP contribution in [0, 0.1) is 0 Å². The molecule has 0 aliphatic heterocycles. The fraction of sp³-hybridized carbons (Fsp3) is 0.250. The second-order valence-electron chi connectivity index (χ2n) is 2.68. The van der Waals surface area contributed by atoms with E-state index < -0.39 is 19.8 Å². The Balaban J connectivity index is 0.00000169. The molecule has 1 aromatic carbocycles. The van der Waals surface area contributed by atoms with E-state index in [4.69, 9.17) is 19.8 Å².